The maximum atomic E-state index is 6.34. The average Bonchev–Trinajstić information content (AvgIpc) is 2.49. The maximum absolute atomic E-state index is 6.34. The summed E-state index contributed by atoms with van der Waals surface area (Å²) in [6.07, 6.45) is 0. The van der Waals surface area contributed by atoms with Crippen molar-refractivity contribution in [2.45, 2.75) is 6.04 Å². The maximum Gasteiger partial charge on any atom is 0.146 e. The zero-order valence-corrected chi connectivity index (χ0v) is 14.6. The largest absolute Gasteiger partial charge is 0.495 e. The fourth-order valence-electron chi connectivity index (χ4n) is 2.09. The minimum atomic E-state index is -0.464. The van der Waals surface area contributed by atoms with Gasteiger partial charge >= 0.3 is 0 Å². The number of halogens is 3. The summed E-state index contributed by atoms with van der Waals surface area (Å²) in [4.78, 5) is 0. The summed E-state index contributed by atoms with van der Waals surface area (Å²) in [5.41, 5.74) is 7.86. The van der Waals surface area contributed by atoms with Crippen LogP contribution < -0.4 is 15.2 Å². The van der Waals surface area contributed by atoms with Crippen LogP contribution in [0.2, 0.25) is 10.0 Å². The highest BCUT2D eigenvalue weighted by Gasteiger charge is 2.21. The Kier molecular flexibility index (Phi) is 5.38. The van der Waals surface area contributed by atoms with Gasteiger partial charge in [0.2, 0.25) is 0 Å². The molecule has 0 amide bonds. The first-order chi connectivity index (χ1) is 10.0. The second kappa shape index (κ2) is 6.88. The highest BCUT2D eigenvalue weighted by molar-refractivity contribution is 9.10. The molecule has 0 aliphatic heterocycles. The molecule has 0 fully saturated rings. The molecule has 0 aliphatic carbocycles. The standard InChI is InChI=1S/C15H14BrCl2NO2/c1-20-11-7-6-9(15(21-2)13(11)18)14(19)8-4-3-5-10(16)12(8)17/h3-7,14H,19H2,1-2H3. The van der Waals surface area contributed by atoms with Crippen molar-refractivity contribution in [1.29, 1.82) is 0 Å². The van der Waals surface area contributed by atoms with E-state index in [-0.39, 0.29) is 0 Å². The highest BCUT2D eigenvalue weighted by atomic mass is 79.9. The molecule has 0 saturated heterocycles. The minimum Gasteiger partial charge on any atom is -0.495 e. The summed E-state index contributed by atoms with van der Waals surface area (Å²) in [6.45, 7) is 0. The van der Waals surface area contributed by atoms with Gasteiger partial charge in [-0.3, -0.25) is 0 Å². The topological polar surface area (TPSA) is 44.5 Å². The SMILES string of the molecule is COc1ccc(C(N)c2cccc(Br)c2Cl)c(OC)c1Cl. The van der Waals surface area contributed by atoms with Gasteiger partial charge in [0.1, 0.15) is 16.5 Å². The molecule has 1 unspecified atom stereocenters. The van der Waals surface area contributed by atoms with Crippen LogP contribution in [0.25, 0.3) is 0 Å². The molecule has 1 atom stereocenters. The average molecular weight is 391 g/mol. The Bertz CT molecular complexity index is 664. The van der Waals surface area contributed by atoms with Crippen molar-refractivity contribution < 1.29 is 9.47 Å². The van der Waals surface area contributed by atoms with Gasteiger partial charge in [-0.05, 0) is 39.7 Å². The van der Waals surface area contributed by atoms with E-state index in [2.05, 4.69) is 15.9 Å². The highest BCUT2D eigenvalue weighted by Crippen LogP contribution is 2.42. The molecule has 0 saturated carbocycles. The lowest BCUT2D eigenvalue weighted by atomic mass is 9.98. The summed E-state index contributed by atoms with van der Waals surface area (Å²) in [7, 11) is 3.09. The molecule has 0 radical (unpaired) electrons. The van der Waals surface area contributed by atoms with Crippen LogP contribution in [-0.2, 0) is 0 Å². The van der Waals surface area contributed by atoms with E-state index in [1.54, 1.807) is 20.3 Å². The molecule has 2 rings (SSSR count). The third-order valence-corrected chi connectivity index (χ3v) is 4.84. The smallest absolute Gasteiger partial charge is 0.146 e. The van der Waals surface area contributed by atoms with Gasteiger partial charge in [-0.15, -0.1) is 0 Å². The predicted octanol–water partition coefficient (Wildman–Crippen LogP) is 4.82. The third kappa shape index (κ3) is 3.14. The Morgan fingerprint density at radius 2 is 1.71 bits per heavy atom. The molecule has 3 nitrogen and oxygen atoms in total. The van der Waals surface area contributed by atoms with Gasteiger partial charge in [0.05, 0.1) is 25.3 Å². The van der Waals surface area contributed by atoms with Crippen LogP contribution in [0, 0.1) is 0 Å². The fraction of sp³-hybridized carbons (Fsp3) is 0.200. The number of rotatable bonds is 4. The first kappa shape index (κ1) is 16.4. The van der Waals surface area contributed by atoms with Crippen LogP contribution >= 0.6 is 39.1 Å². The molecule has 2 aromatic rings. The molecule has 21 heavy (non-hydrogen) atoms. The van der Waals surface area contributed by atoms with Crippen LogP contribution in [0.15, 0.2) is 34.8 Å². The van der Waals surface area contributed by atoms with Crippen LogP contribution in [0.4, 0.5) is 0 Å². The lowest BCUT2D eigenvalue weighted by Gasteiger charge is -2.19. The lowest BCUT2D eigenvalue weighted by Crippen LogP contribution is -2.14. The van der Waals surface area contributed by atoms with Crippen molar-refractivity contribution >= 4 is 39.1 Å². The van der Waals surface area contributed by atoms with Gasteiger partial charge in [-0.2, -0.15) is 0 Å². The van der Waals surface area contributed by atoms with Crippen molar-refractivity contribution in [2.75, 3.05) is 14.2 Å². The molecule has 6 heteroatoms. The van der Waals surface area contributed by atoms with E-state index in [9.17, 15) is 0 Å². The molecule has 2 N–H and O–H groups in total. The second-order valence-corrected chi connectivity index (χ2v) is 5.94. The van der Waals surface area contributed by atoms with Gasteiger partial charge in [-0.1, -0.05) is 35.3 Å². The fourth-order valence-corrected chi connectivity index (χ4v) is 3.04. The van der Waals surface area contributed by atoms with E-state index >= 15 is 0 Å². The van der Waals surface area contributed by atoms with Crippen molar-refractivity contribution in [3.8, 4) is 11.5 Å². The minimum absolute atomic E-state index is 0.388. The number of ether oxygens (including phenoxy) is 2. The first-order valence-corrected chi connectivity index (χ1v) is 7.66. The Morgan fingerprint density at radius 1 is 1.00 bits per heavy atom. The summed E-state index contributed by atoms with van der Waals surface area (Å²) in [6, 6.07) is 8.72. The molecule has 0 spiro atoms. The number of methoxy groups -OCH3 is 2. The predicted molar refractivity (Wildman–Crippen MR) is 89.7 cm³/mol. The number of hydrogen-bond acceptors (Lipinski definition) is 3. The molecule has 0 aliphatic rings. The quantitative estimate of drug-likeness (QED) is 0.813. The normalized spacial score (nSPS) is 12.1. The molecular formula is C15H14BrCl2NO2. The van der Waals surface area contributed by atoms with E-state index < -0.39 is 6.04 Å². The van der Waals surface area contributed by atoms with E-state index in [0.29, 0.717) is 21.5 Å². The monoisotopic (exact) mass is 389 g/mol. The third-order valence-electron chi connectivity index (χ3n) is 3.17. The van der Waals surface area contributed by atoms with Crippen molar-refractivity contribution in [3.05, 3.63) is 56.0 Å². The zero-order valence-electron chi connectivity index (χ0n) is 11.5. The number of nitrogens with two attached hydrogens (primary N) is 1. The molecule has 0 aromatic heterocycles. The number of benzene rings is 2. The van der Waals surface area contributed by atoms with Crippen molar-refractivity contribution in [3.63, 3.8) is 0 Å². The van der Waals surface area contributed by atoms with Gasteiger partial charge in [-0.25, -0.2) is 0 Å². The van der Waals surface area contributed by atoms with Crippen molar-refractivity contribution in [2.24, 2.45) is 5.73 Å². The van der Waals surface area contributed by atoms with E-state index in [4.69, 9.17) is 38.4 Å². The Hall–Kier alpha value is -0.940. The van der Waals surface area contributed by atoms with Crippen LogP contribution in [-0.4, -0.2) is 14.2 Å². The second-order valence-electron chi connectivity index (χ2n) is 4.32. The number of hydrogen-bond donors (Lipinski definition) is 1. The lowest BCUT2D eigenvalue weighted by molar-refractivity contribution is 0.390. The van der Waals surface area contributed by atoms with E-state index in [1.807, 2.05) is 24.3 Å². The Labute approximate surface area is 142 Å². The molecule has 0 bridgehead atoms. The van der Waals surface area contributed by atoms with Crippen LogP contribution in [0.5, 0.6) is 11.5 Å². The molecule has 112 valence electrons. The molecule has 2 aromatic carbocycles. The first-order valence-electron chi connectivity index (χ1n) is 6.11. The molecule has 0 heterocycles. The van der Waals surface area contributed by atoms with Crippen LogP contribution in [0.1, 0.15) is 17.2 Å². The summed E-state index contributed by atoms with van der Waals surface area (Å²) in [5.74, 6) is 1.02. The van der Waals surface area contributed by atoms with Crippen molar-refractivity contribution in [1.82, 2.24) is 0 Å². The Balaban J connectivity index is 2.56. The van der Waals surface area contributed by atoms with Gasteiger partial charge in [0, 0.05) is 10.0 Å². The summed E-state index contributed by atoms with van der Waals surface area (Å²) < 4.78 is 11.4. The van der Waals surface area contributed by atoms with E-state index in [0.717, 1.165) is 15.6 Å². The summed E-state index contributed by atoms with van der Waals surface area (Å²) in [5, 5.41) is 0.957. The van der Waals surface area contributed by atoms with Gasteiger partial charge < -0.3 is 15.2 Å². The van der Waals surface area contributed by atoms with Crippen LogP contribution in [0.3, 0.4) is 0 Å². The Morgan fingerprint density at radius 3 is 2.33 bits per heavy atom. The zero-order chi connectivity index (χ0) is 15.6. The molecular weight excluding hydrogens is 377 g/mol. The van der Waals surface area contributed by atoms with E-state index in [1.165, 1.54) is 0 Å². The van der Waals surface area contributed by atoms with Gasteiger partial charge in [0.25, 0.3) is 0 Å². The van der Waals surface area contributed by atoms with Gasteiger partial charge in [0.15, 0.2) is 0 Å². The summed E-state index contributed by atoms with van der Waals surface area (Å²) >= 11 is 16.0.